The van der Waals surface area contributed by atoms with Gasteiger partial charge in [-0.25, -0.2) is 4.79 Å². The van der Waals surface area contributed by atoms with Gasteiger partial charge >= 0.3 is 12.1 Å². The summed E-state index contributed by atoms with van der Waals surface area (Å²) >= 11 is 1.35. The first-order valence-corrected chi connectivity index (χ1v) is 7.48. The molecule has 20 heavy (non-hydrogen) atoms. The lowest BCUT2D eigenvalue weighted by Gasteiger charge is -2.23. The second-order valence-corrected chi connectivity index (χ2v) is 6.13. The molecule has 0 fully saturated rings. The number of amides is 2. The first-order valence-electron chi connectivity index (χ1n) is 6.08. The Labute approximate surface area is 122 Å². The van der Waals surface area contributed by atoms with Crippen molar-refractivity contribution in [3.05, 3.63) is 0 Å². The number of aliphatic carboxylic acids is 1. The number of nitrogens with one attached hydrogen (secondary N) is 2. The lowest BCUT2D eigenvalue weighted by molar-refractivity contribution is -0.141. The Balaban J connectivity index is 4.59. The molecule has 0 saturated heterocycles. The molecule has 2 atom stereocenters. The first kappa shape index (κ1) is 18.6. The molecule has 2 unspecified atom stereocenters. The summed E-state index contributed by atoms with van der Waals surface area (Å²) in [6.45, 7) is 6.48. The molecular weight excluding hydrogens is 284 g/mol. The Morgan fingerprint density at radius 2 is 1.80 bits per heavy atom. The van der Waals surface area contributed by atoms with Crippen molar-refractivity contribution in [3.63, 3.8) is 0 Å². The third-order valence-electron chi connectivity index (χ3n) is 2.07. The molecule has 0 aliphatic carbocycles. The van der Waals surface area contributed by atoms with Crippen molar-refractivity contribution in [2.75, 3.05) is 12.0 Å². The van der Waals surface area contributed by atoms with Crippen molar-refractivity contribution >= 4 is 29.7 Å². The summed E-state index contributed by atoms with van der Waals surface area (Å²) < 4.78 is 5.06. The molecule has 0 aliphatic heterocycles. The van der Waals surface area contributed by atoms with E-state index in [0.29, 0.717) is 5.75 Å². The van der Waals surface area contributed by atoms with Crippen molar-refractivity contribution in [2.24, 2.45) is 0 Å². The maximum atomic E-state index is 11.9. The van der Waals surface area contributed by atoms with E-state index >= 15 is 0 Å². The zero-order chi connectivity index (χ0) is 15.9. The SMILES string of the molecule is CSCC(NC(=O)OC(C)(C)C)C(=O)NC(C)C(=O)O. The minimum Gasteiger partial charge on any atom is -0.480 e. The molecule has 3 N–H and O–H groups in total. The Kier molecular flexibility index (Phi) is 7.41. The van der Waals surface area contributed by atoms with Gasteiger partial charge in [-0.05, 0) is 34.0 Å². The van der Waals surface area contributed by atoms with Crippen LogP contribution in [-0.2, 0) is 14.3 Å². The highest BCUT2D eigenvalue weighted by Crippen LogP contribution is 2.07. The van der Waals surface area contributed by atoms with Gasteiger partial charge in [-0.2, -0.15) is 11.8 Å². The van der Waals surface area contributed by atoms with E-state index in [0.717, 1.165) is 0 Å². The predicted octanol–water partition coefficient (Wildman–Crippen LogP) is 0.832. The predicted molar refractivity (Wildman–Crippen MR) is 76.8 cm³/mol. The van der Waals surface area contributed by atoms with Crippen molar-refractivity contribution in [3.8, 4) is 0 Å². The maximum Gasteiger partial charge on any atom is 0.408 e. The molecule has 0 heterocycles. The van der Waals surface area contributed by atoms with Crippen molar-refractivity contribution < 1.29 is 24.2 Å². The topological polar surface area (TPSA) is 105 Å². The normalized spacial score (nSPS) is 14.1. The maximum absolute atomic E-state index is 11.9. The van der Waals surface area contributed by atoms with Crippen LogP contribution in [-0.4, -0.2) is 52.8 Å². The smallest absolute Gasteiger partial charge is 0.408 e. The number of alkyl carbamates (subject to hydrolysis) is 1. The number of carboxylic acid groups (broad SMARTS) is 1. The van der Waals surface area contributed by atoms with Crippen LogP contribution < -0.4 is 10.6 Å². The highest BCUT2D eigenvalue weighted by atomic mass is 32.2. The summed E-state index contributed by atoms with van der Waals surface area (Å²) in [5.74, 6) is -1.38. The van der Waals surface area contributed by atoms with E-state index in [1.165, 1.54) is 18.7 Å². The van der Waals surface area contributed by atoms with Crippen molar-refractivity contribution in [1.82, 2.24) is 10.6 Å². The second kappa shape index (κ2) is 7.98. The lowest BCUT2D eigenvalue weighted by Crippen LogP contribution is -2.52. The van der Waals surface area contributed by atoms with Crippen LogP contribution in [0.1, 0.15) is 27.7 Å². The Morgan fingerprint density at radius 3 is 2.20 bits per heavy atom. The standard InChI is InChI=1S/C12H22N2O5S/c1-7(10(16)17)13-9(15)8(6-20-5)14-11(18)19-12(2,3)4/h7-8H,6H2,1-5H3,(H,13,15)(H,14,18)(H,16,17). The summed E-state index contributed by atoms with van der Waals surface area (Å²) in [7, 11) is 0. The summed E-state index contributed by atoms with van der Waals surface area (Å²) in [6.07, 6.45) is 1.06. The summed E-state index contributed by atoms with van der Waals surface area (Å²) in [5, 5.41) is 13.5. The molecule has 0 rings (SSSR count). The molecule has 0 bridgehead atoms. The van der Waals surface area contributed by atoms with Gasteiger partial charge in [0.05, 0.1) is 0 Å². The van der Waals surface area contributed by atoms with E-state index in [1.54, 1.807) is 27.0 Å². The Hall–Kier alpha value is -1.44. The van der Waals surface area contributed by atoms with E-state index in [9.17, 15) is 14.4 Å². The number of carboxylic acids is 1. The molecule has 116 valence electrons. The van der Waals surface area contributed by atoms with E-state index < -0.39 is 35.7 Å². The van der Waals surface area contributed by atoms with Crippen LogP contribution in [0.25, 0.3) is 0 Å². The van der Waals surface area contributed by atoms with E-state index in [-0.39, 0.29) is 0 Å². The molecule has 0 saturated carbocycles. The summed E-state index contributed by atoms with van der Waals surface area (Å²) in [6, 6.07) is -1.87. The van der Waals surface area contributed by atoms with E-state index in [1.807, 2.05) is 0 Å². The number of rotatable bonds is 6. The molecule has 0 aromatic carbocycles. The third-order valence-corrected chi connectivity index (χ3v) is 2.74. The second-order valence-electron chi connectivity index (χ2n) is 5.22. The zero-order valence-electron chi connectivity index (χ0n) is 12.4. The summed E-state index contributed by atoms with van der Waals surface area (Å²) in [4.78, 5) is 34.2. The van der Waals surface area contributed by atoms with Gasteiger partial charge in [-0.15, -0.1) is 0 Å². The van der Waals surface area contributed by atoms with Crippen LogP contribution in [0, 0.1) is 0 Å². The fourth-order valence-corrected chi connectivity index (χ4v) is 1.74. The highest BCUT2D eigenvalue weighted by molar-refractivity contribution is 7.98. The number of ether oxygens (including phenoxy) is 1. The first-order chi connectivity index (χ1) is 9.06. The van der Waals surface area contributed by atoms with E-state index in [2.05, 4.69) is 10.6 Å². The number of carbonyl (C=O) groups is 3. The molecule has 8 heteroatoms. The highest BCUT2D eigenvalue weighted by Gasteiger charge is 2.26. The molecule has 7 nitrogen and oxygen atoms in total. The van der Waals surface area contributed by atoms with Gasteiger partial charge in [0.25, 0.3) is 0 Å². The number of hydrogen-bond acceptors (Lipinski definition) is 5. The fraction of sp³-hybridized carbons (Fsp3) is 0.750. The molecular formula is C12H22N2O5S. The largest absolute Gasteiger partial charge is 0.480 e. The van der Waals surface area contributed by atoms with Crippen LogP contribution in [0.4, 0.5) is 4.79 Å². The average molecular weight is 306 g/mol. The van der Waals surface area contributed by atoms with Crippen LogP contribution >= 0.6 is 11.8 Å². The molecule has 0 aliphatic rings. The summed E-state index contributed by atoms with van der Waals surface area (Å²) in [5.41, 5.74) is -0.668. The fourth-order valence-electron chi connectivity index (χ4n) is 1.18. The van der Waals surface area contributed by atoms with Gasteiger partial charge in [0, 0.05) is 5.75 Å². The number of thioether (sulfide) groups is 1. The van der Waals surface area contributed by atoms with Crippen molar-refractivity contribution in [1.29, 1.82) is 0 Å². The lowest BCUT2D eigenvalue weighted by atomic mass is 10.2. The van der Waals surface area contributed by atoms with Gasteiger partial charge in [0.2, 0.25) is 5.91 Å². The minimum atomic E-state index is -1.14. The minimum absolute atomic E-state index is 0.317. The third kappa shape index (κ3) is 7.88. The Morgan fingerprint density at radius 1 is 1.25 bits per heavy atom. The van der Waals surface area contributed by atoms with Crippen LogP contribution in [0.2, 0.25) is 0 Å². The van der Waals surface area contributed by atoms with Gasteiger partial charge in [-0.3, -0.25) is 9.59 Å². The van der Waals surface area contributed by atoms with Gasteiger partial charge in [-0.1, -0.05) is 0 Å². The molecule has 0 spiro atoms. The quantitative estimate of drug-likeness (QED) is 0.671. The molecule has 0 aromatic heterocycles. The van der Waals surface area contributed by atoms with Crippen LogP contribution in [0.15, 0.2) is 0 Å². The monoisotopic (exact) mass is 306 g/mol. The van der Waals surface area contributed by atoms with Gasteiger partial charge in [0.15, 0.2) is 0 Å². The van der Waals surface area contributed by atoms with Crippen molar-refractivity contribution in [2.45, 2.75) is 45.4 Å². The van der Waals surface area contributed by atoms with Crippen LogP contribution in [0.3, 0.4) is 0 Å². The molecule has 2 amide bonds. The number of hydrogen-bond donors (Lipinski definition) is 3. The Bertz CT molecular complexity index is 367. The van der Waals surface area contributed by atoms with Gasteiger partial charge in [0.1, 0.15) is 17.7 Å². The average Bonchev–Trinajstić information content (AvgIpc) is 2.25. The van der Waals surface area contributed by atoms with Gasteiger partial charge < -0.3 is 20.5 Å². The molecule has 0 aromatic rings. The van der Waals surface area contributed by atoms with E-state index in [4.69, 9.17) is 9.84 Å². The van der Waals surface area contributed by atoms with Crippen LogP contribution in [0.5, 0.6) is 0 Å². The molecule has 0 radical (unpaired) electrons. The zero-order valence-corrected chi connectivity index (χ0v) is 13.2. The number of carbonyl (C=O) groups excluding carboxylic acids is 2.